The zero-order valence-corrected chi connectivity index (χ0v) is 22.6. The minimum atomic E-state index is -3.96. The van der Waals surface area contributed by atoms with E-state index in [4.69, 9.17) is 4.52 Å². The summed E-state index contributed by atoms with van der Waals surface area (Å²) in [5.41, 5.74) is 0.517. The predicted octanol–water partition coefficient (Wildman–Crippen LogP) is 3.43. The second-order valence-electron chi connectivity index (χ2n) is 8.58. The Balaban J connectivity index is 1.93. The molecule has 0 radical (unpaired) electrons. The van der Waals surface area contributed by atoms with Gasteiger partial charge in [0.1, 0.15) is 11.3 Å². The lowest BCUT2D eigenvalue weighted by atomic mass is 10.1. The van der Waals surface area contributed by atoms with Crippen molar-refractivity contribution in [3.63, 3.8) is 0 Å². The Labute approximate surface area is 212 Å². The maximum atomic E-state index is 13.9. The lowest BCUT2D eigenvalue weighted by Gasteiger charge is -2.26. The van der Waals surface area contributed by atoms with Crippen LogP contribution in [0.2, 0.25) is 0 Å². The first-order chi connectivity index (χ1) is 16.9. The number of thiophene rings is 1. The number of aromatic hydroxyl groups is 1. The molecule has 36 heavy (non-hydrogen) atoms. The maximum Gasteiger partial charge on any atom is 0.348 e. The van der Waals surface area contributed by atoms with Gasteiger partial charge in [0, 0.05) is 23.2 Å². The zero-order valence-electron chi connectivity index (χ0n) is 20.0. The van der Waals surface area contributed by atoms with Crippen LogP contribution in [-0.4, -0.2) is 42.0 Å². The van der Waals surface area contributed by atoms with Crippen molar-refractivity contribution in [1.29, 1.82) is 0 Å². The molecule has 192 valence electrons. The number of nitrogens with zero attached hydrogens (tertiary/aromatic N) is 3. The van der Waals surface area contributed by atoms with Crippen molar-refractivity contribution in [3.8, 4) is 17.0 Å². The summed E-state index contributed by atoms with van der Waals surface area (Å²) in [7, 11) is -7.54. The van der Waals surface area contributed by atoms with Crippen LogP contribution in [0.5, 0.6) is 5.75 Å². The lowest BCUT2D eigenvalue weighted by molar-refractivity contribution is 0.341. The van der Waals surface area contributed by atoms with E-state index in [1.54, 1.807) is 18.4 Å². The van der Waals surface area contributed by atoms with Crippen LogP contribution in [0.15, 0.2) is 44.6 Å². The first-order valence-corrected chi connectivity index (χ1v) is 15.4. The Morgan fingerprint density at radius 1 is 1.31 bits per heavy atom. The highest BCUT2D eigenvalue weighted by atomic mass is 32.2. The third kappa shape index (κ3) is 5.24. The SMILES string of the molecule is CCOP1(=O)N=C(c2c(O)c(-c3ccsc3)nn(CC(C)C)c2=O)Nc2ccc(NS(C)(=O)=O)cc21. The number of benzene rings is 1. The van der Waals surface area contributed by atoms with Gasteiger partial charge in [-0.3, -0.25) is 14.1 Å². The van der Waals surface area contributed by atoms with Crippen LogP contribution in [-0.2, 0) is 25.7 Å². The van der Waals surface area contributed by atoms with E-state index in [2.05, 4.69) is 19.9 Å². The van der Waals surface area contributed by atoms with Gasteiger partial charge < -0.3 is 14.9 Å². The van der Waals surface area contributed by atoms with E-state index in [0.29, 0.717) is 11.3 Å². The number of sulfonamides is 1. The molecule has 0 fully saturated rings. The van der Waals surface area contributed by atoms with Gasteiger partial charge in [-0.1, -0.05) is 13.8 Å². The van der Waals surface area contributed by atoms with Crippen LogP contribution >= 0.6 is 18.9 Å². The summed E-state index contributed by atoms with van der Waals surface area (Å²) in [6.07, 6.45) is 1.00. The standard InChI is InChI=1S/C22H26N5O6PS2/c1-5-33-34(30)17-10-15(26-36(4,31)32)6-7-16(17)23-21(25-34)18-20(28)19(14-8-9-35-12-14)24-27(22(18)29)11-13(2)3/h6-10,12-13,26,28H,5,11H2,1-4H3,(H,23,25,30). The average Bonchev–Trinajstić information content (AvgIpc) is 3.30. The molecule has 14 heteroatoms. The van der Waals surface area contributed by atoms with Gasteiger partial charge in [0.15, 0.2) is 11.6 Å². The Kier molecular flexibility index (Phi) is 7.11. The van der Waals surface area contributed by atoms with Crippen LogP contribution in [0.4, 0.5) is 11.4 Å². The van der Waals surface area contributed by atoms with Crippen molar-refractivity contribution < 1.29 is 22.6 Å². The molecular weight excluding hydrogens is 525 g/mol. The molecule has 1 aromatic carbocycles. The summed E-state index contributed by atoms with van der Waals surface area (Å²) in [6.45, 7) is 5.84. The van der Waals surface area contributed by atoms with E-state index in [-0.39, 0.29) is 47.2 Å². The van der Waals surface area contributed by atoms with Crippen LogP contribution in [0.3, 0.4) is 0 Å². The number of hydrogen-bond donors (Lipinski definition) is 3. The summed E-state index contributed by atoms with van der Waals surface area (Å²) in [5, 5.41) is 22.3. The molecule has 3 heterocycles. The third-order valence-corrected chi connectivity index (χ3v) is 8.43. The second kappa shape index (κ2) is 9.81. The van der Waals surface area contributed by atoms with Crippen molar-refractivity contribution in [1.82, 2.24) is 9.78 Å². The zero-order chi connectivity index (χ0) is 26.3. The highest BCUT2D eigenvalue weighted by Gasteiger charge is 2.36. The highest BCUT2D eigenvalue weighted by molar-refractivity contribution is 7.92. The van der Waals surface area contributed by atoms with Gasteiger partial charge in [-0.2, -0.15) is 21.2 Å². The smallest absolute Gasteiger partial charge is 0.348 e. The maximum absolute atomic E-state index is 13.9. The molecule has 0 bridgehead atoms. The van der Waals surface area contributed by atoms with Gasteiger partial charge in [0.2, 0.25) is 10.0 Å². The first kappa shape index (κ1) is 26.1. The summed E-state index contributed by atoms with van der Waals surface area (Å²) in [6, 6.07) is 6.13. The Morgan fingerprint density at radius 2 is 2.06 bits per heavy atom. The fourth-order valence-electron chi connectivity index (χ4n) is 3.71. The molecule has 0 spiro atoms. The van der Waals surface area contributed by atoms with Gasteiger partial charge in [-0.05, 0) is 42.5 Å². The molecule has 0 aliphatic carbocycles. The fraction of sp³-hybridized carbons (Fsp3) is 0.318. The highest BCUT2D eigenvalue weighted by Crippen LogP contribution is 2.52. The summed E-state index contributed by atoms with van der Waals surface area (Å²) in [4.78, 5) is 13.5. The van der Waals surface area contributed by atoms with E-state index in [0.717, 1.165) is 6.26 Å². The molecule has 1 aliphatic heterocycles. The number of rotatable bonds is 8. The molecule has 0 saturated heterocycles. The number of amidine groups is 1. The van der Waals surface area contributed by atoms with Crippen molar-refractivity contribution in [2.75, 3.05) is 22.9 Å². The molecule has 3 aromatic rings. The van der Waals surface area contributed by atoms with Crippen molar-refractivity contribution in [3.05, 3.63) is 50.9 Å². The quantitative estimate of drug-likeness (QED) is 0.360. The Hall–Kier alpha value is -2.99. The third-order valence-electron chi connectivity index (χ3n) is 5.09. The molecule has 1 atom stereocenters. The molecule has 11 nitrogen and oxygen atoms in total. The molecule has 0 saturated carbocycles. The van der Waals surface area contributed by atoms with Crippen LogP contribution in [0.1, 0.15) is 26.3 Å². The Morgan fingerprint density at radius 3 is 2.67 bits per heavy atom. The minimum absolute atomic E-state index is 0.0390. The molecule has 1 unspecified atom stereocenters. The van der Waals surface area contributed by atoms with E-state index in [1.807, 2.05) is 19.2 Å². The first-order valence-electron chi connectivity index (χ1n) is 11.0. The largest absolute Gasteiger partial charge is 0.505 e. The van der Waals surface area contributed by atoms with E-state index in [1.165, 1.54) is 34.2 Å². The molecule has 4 rings (SSSR count). The van der Waals surface area contributed by atoms with Gasteiger partial charge in [0.25, 0.3) is 5.56 Å². The average molecular weight is 552 g/mol. The number of fused-ring (bicyclic) bond motifs is 1. The van der Waals surface area contributed by atoms with Crippen LogP contribution in [0.25, 0.3) is 11.3 Å². The van der Waals surface area contributed by atoms with Gasteiger partial charge in [-0.15, -0.1) is 0 Å². The topological polar surface area (TPSA) is 152 Å². The predicted molar refractivity (Wildman–Crippen MR) is 142 cm³/mol. The number of nitrogens with one attached hydrogen (secondary N) is 2. The van der Waals surface area contributed by atoms with E-state index >= 15 is 0 Å². The molecule has 1 aliphatic rings. The normalized spacial score (nSPS) is 17.4. The Bertz CT molecular complexity index is 1550. The van der Waals surface area contributed by atoms with Crippen molar-refractivity contribution in [2.24, 2.45) is 10.7 Å². The van der Waals surface area contributed by atoms with Gasteiger partial charge in [-0.25, -0.2) is 13.1 Å². The molecule has 2 aromatic heterocycles. The lowest BCUT2D eigenvalue weighted by Crippen LogP contribution is -2.35. The fourth-order valence-corrected chi connectivity index (χ4v) is 6.71. The summed E-state index contributed by atoms with van der Waals surface area (Å²) >= 11 is 1.41. The number of hydrogen-bond acceptors (Lipinski definition) is 9. The van der Waals surface area contributed by atoms with E-state index < -0.39 is 28.9 Å². The summed E-state index contributed by atoms with van der Waals surface area (Å²) < 4.78 is 50.7. The van der Waals surface area contributed by atoms with Crippen LogP contribution < -0.4 is 20.9 Å². The molecule has 0 amide bonds. The molecule has 3 N–H and O–H groups in total. The minimum Gasteiger partial charge on any atom is -0.505 e. The molecular formula is C22H26N5O6PS2. The van der Waals surface area contributed by atoms with Gasteiger partial charge >= 0.3 is 7.52 Å². The summed E-state index contributed by atoms with van der Waals surface area (Å²) in [5.74, 6) is -0.436. The van der Waals surface area contributed by atoms with Crippen molar-refractivity contribution in [2.45, 2.75) is 27.3 Å². The number of aromatic nitrogens is 2. The van der Waals surface area contributed by atoms with E-state index in [9.17, 15) is 22.9 Å². The van der Waals surface area contributed by atoms with Gasteiger partial charge in [0.05, 0.1) is 23.9 Å². The second-order valence-corrected chi connectivity index (χ2v) is 13.1. The van der Waals surface area contributed by atoms with Crippen LogP contribution in [0, 0.1) is 5.92 Å². The monoisotopic (exact) mass is 551 g/mol. The van der Waals surface area contributed by atoms with Crippen molar-refractivity contribution >= 4 is 51.4 Å². The number of anilines is 2.